The number of ether oxygens (including phenoxy) is 1. The summed E-state index contributed by atoms with van der Waals surface area (Å²) in [4.78, 5) is 27.7. The van der Waals surface area contributed by atoms with Crippen molar-refractivity contribution in [2.45, 2.75) is 45.5 Å². The number of primary amides is 1. The van der Waals surface area contributed by atoms with Crippen molar-refractivity contribution in [2.75, 3.05) is 0 Å². The van der Waals surface area contributed by atoms with Gasteiger partial charge in [0.1, 0.15) is 12.3 Å². The molecule has 0 aliphatic carbocycles. The molecular weight excluding hydrogens is 485 g/mol. The molecule has 0 unspecified atom stereocenters. The number of rotatable bonds is 6. The SMILES string of the molecule is CC(C)(C)c1cc(CNC(=O)c2cccn2-c2ncc(C(F)(F)F)cc2Cl)ccc1COC(N)=O. The maximum absolute atomic E-state index is 12.9. The molecule has 0 aliphatic rings. The Bertz CT molecular complexity index is 1250. The van der Waals surface area contributed by atoms with Crippen molar-refractivity contribution in [3.63, 3.8) is 0 Å². The topological polar surface area (TPSA) is 99.2 Å². The molecule has 0 saturated carbocycles. The molecule has 0 spiro atoms. The van der Waals surface area contributed by atoms with Crippen molar-refractivity contribution in [3.05, 3.63) is 81.8 Å². The number of hydrogen-bond acceptors (Lipinski definition) is 4. The number of aromatic nitrogens is 2. The van der Waals surface area contributed by atoms with Gasteiger partial charge < -0.3 is 15.8 Å². The van der Waals surface area contributed by atoms with Gasteiger partial charge >= 0.3 is 12.3 Å². The molecule has 0 aliphatic heterocycles. The minimum Gasteiger partial charge on any atom is -0.445 e. The minimum atomic E-state index is -4.58. The molecule has 1 aromatic carbocycles. The highest BCUT2D eigenvalue weighted by Gasteiger charge is 2.32. The second kappa shape index (κ2) is 9.99. The minimum absolute atomic E-state index is 0.00337. The Morgan fingerprint density at radius 3 is 2.49 bits per heavy atom. The highest BCUT2D eigenvalue weighted by molar-refractivity contribution is 6.32. The number of nitrogens with two attached hydrogens (primary N) is 1. The maximum Gasteiger partial charge on any atom is 0.417 e. The third-order valence-corrected chi connectivity index (χ3v) is 5.44. The quantitative estimate of drug-likeness (QED) is 0.467. The second-order valence-corrected chi connectivity index (χ2v) is 9.23. The third-order valence-electron chi connectivity index (χ3n) is 5.16. The lowest BCUT2D eigenvalue weighted by Gasteiger charge is -2.24. The van der Waals surface area contributed by atoms with E-state index in [1.54, 1.807) is 18.2 Å². The van der Waals surface area contributed by atoms with Crippen molar-refractivity contribution >= 4 is 23.6 Å². The Morgan fingerprint density at radius 2 is 1.89 bits per heavy atom. The summed E-state index contributed by atoms with van der Waals surface area (Å²) in [5.41, 5.74) is 6.50. The van der Waals surface area contributed by atoms with Crippen LogP contribution in [0.3, 0.4) is 0 Å². The average molecular weight is 509 g/mol. The molecule has 0 atom stereocenters. The van der Waals surface area contributed by atoms with Crippen LogP contribution >= 0.6 is 11.6 Å². The molecule has 35 heavy (non-hydrogen) atoms. The molecule has 3 rings (SSSR count). The fourth-order valence-corrected chi connectivity index (χ4v) is 3.75. The molecule has 3 aromatic rings. The normalized spacial score (nSPS) is 11.9. The third kappa shape index (κ3) is 6.33. The number of carbonyl (C=O) groups excluding carboxylic acids is 2. The lowest BCUT2D eigenvalue weighted by Crippen LogP contribution is -2.26. The van der Waals surface area contributed by atoms with Gasteiger partial charge in [0.05, 0.1) is 10.6 Å². The summed E-state index contributed by atoms with van der Waals surface area (Å²) in [6.45, 7) is 6.23. The molecule has 2 aromatic heterocycles. The zero-order chi connectivity index (χ0) is 26.0. The van der Waals surface area contributed by atoms with Crippen molar-refractivity contribution in [2.24, 2.45) is 5.73 Å². The first-order valence-corrected chi connectivity index (χ1v) is 10.9. The number of benzene rings is 1. The van der Waals surface area contributed by atoms with Crippen LogP contribution in [0, 0.1) is 0 Å². The Labute approximate surface area is 205 Å². The van der Waals surface area contributed by atoms with Crippen LogP contribution in [0.15, 0.2) is 48.8 Å². The van der Waals surface area contributed by atoms with E-state index >= 15 is 0 Å². The van der Waals surface area contributed by atoms with Crippen LogP contribution in [0.2, 0.25) is 5.02 Å². The molecule has 2 heterocycles. The molecule has 2 amide bonds. The summed E-state index contributed by atoms with van der Waals surface area (Å²) in [5.74, 6) is -0.463. The van der Waals surface area contributed by atoms with Crippen LogP contribution in [0.25, 0.3) is 5.82 Å². The van der Waals surface area contributed by atoms with Crippen LogP contribution in [-0.2, 0) is 29.5 Å². The van der Waals surface area contributed by atoms with Crippen molar-refractivity contribution in [1.29, 1.82) is 0 Å². The van der Waals surface area contributed by atoms with Gasteiger partial charge in [-0.25, -0.2) is 9.78 Å². The number of pyridine rings is 1. The first kappa shape index (κ1) is 26.1. The monoisotopic (exact) mass is 508 g/mol. The molecule has 7 nitrogen and oxygen atoms in total. The number of hydrogen-bond donors (Lipinski definition) is 2. The van der Waals surface area contributed by atoms with E-state index in [0.29, 0.717) is 6.20 Å². The van der Waals surface area contributed by atoms with E-state index in [-0.39, 0.29) is 35.1 Å². The van der Waals surface area contributed by atoms with E-state index in [1.165, 1.54) is 16.8 Å². The zero-order valence-corrected chi connectivity index (χ0v) is 20.0. The molecule has 11 heteroatoms. The Kier molecular flexibility index (Phi) is 7.44. The highest BCUT2D eigenvalue weighted by atomic mass is 35.5. The number of halogens is 4. The van der Waals surface area contributed by atoms with Crippen LogP contribution in [0.4, 0.5) is 18.0 Å². The molecular formula is C24H24ClF3N4O3. The summed E-state index contributed by atoms with van der Waals surface area (Å²) in [6.07, 6.45) is -3.30. The van der Waals surface area contributed by atoms with Gasteiger partial charge in [-0.3, -0.25) is 9.36 Å². The van der Waals surface area contributed by atoms with Gasteiger partial charge in [-0.05, 0) is 40.3 Å². The van der Waals surface area contributed by atoms with Crippen LogP contribution in [0.5, 0.6) is 0 Å². The summed E-state index contributed by atoms with van der Waals surface area (Å²) < 4.78 is 45.0. The van der Waals surface area contributed by atoms with E-state index in [4.69, 9.17) is 22.1 Å². The lowest BCUT2D eigenvalue weighted by atomic mass is 9.83. The summed E-state index contributed by atoms with van der Waals surface area (Å²) in [6, 6.07) is 9.35. The molecule has 186 valence electrons. The fourth-order valence-electron chi connectivity index (χ4n) is 3.49. The maximum atomic E-state index is 12.9. The number of alkyl halides is 3. The predicted molar refractivity (Wildman–Crippen MR) is 124 cm³/mol. The summed E-state index contributed by atoms with van der Waals surface area (Å²) >= 11 is 6.04. The molecule has 3 N–H and O–H groups in total. The van der Waals surface area contributed by atoms with Crippen LogP contribution in [-0.4, -0.2) is 21.6 Å². The van der Waals surface area contributed by atoms with Gasteiger partial charge in [0, 0.05) is 18.9 Å². The molecule has 0 saturated heterocycles. The van der Waals surface area contributed by atoms with Gasteiger partial charge in [-0.2, -0.15) is 13.2 Å². The van der Waals surface area contributed by atoms with Crippen LogP contribution < -0.4 is 11.1 Å². The van der Waals surface area contributed by atoms with Crippen molar-refractivity contribution in [3.8, 4) is 5.82 Å². The first-order valence-electron chi connectivity index (χ1n) is 10.5. The number of carbonyl (C=O) groups is 2. The average Bonchev–Trinajstić information content (AvgIpc) is 3.24. The van der Waals surface area contributed by atoms with Crippen molar-refractivity contribution < 1.29 is 27.5 Å². The second-order valence-electron chi connectivity index (χ2n) is 8.82. The number of nitrogens with zero attached hydrogens (tertiary/aromatic N) is 2. The zero-order valence-electron chi connectivity index (χ0n) is 19.2. The highest BCUT2D eigenvalue weighted by Crippen LogP contribution is 2.32. The first-order chi connectivity index (χ1) is 16.3. The Hall–Kier alpha value is -3.53. The van der Waals surface area contributed by atoms with E-state index in [1.807, 2.05) is 26.8 Å². The smallest absolute Gasteiger partial charge is 0.417 e. The Balaban J connectivity index is 1.80. The molecule has 0 bridgehead atoms. The fraction of sp³-hybridized carbons (Fsp3) is 0.292. The standard InChI is InChI=1S/C24H24ClF3N4O3/c1-23(2,3)17-9-14(6-7-15(17)13-35-22(29)34)11-31-21(33)19-5-4-8-32(19)20-18(25)10-16(12-30-20)24(26,27)28/h4-10,12H,11,13H2,1-3H3,(H2,29,34)(H,31,33). The predicted octanol–water partition coefficient (Wildman–Crippen LogP) is 5.37. The van der Waals surface area contributed by atoms with E-state index in [2.05, 4.69) is 10.3 Å². The number of nitrogens with one attached hydrogen (secondary N) is 1. The van der Waals surface area contributed by atoms with Gasteiger partial charge in [0.15, 0.2) is 5.82 Å². The molecule has 0 radical (unpaired) electrons. The number of amides is 2. The van der Waals surface area contributed by atoms with Gasteiger partial charge in [0.2, 0.25) is 0 Å². The van der Waals surface area contributed by atoms with E-state index in [9.17, 15) is 22.8 Å². The largest absolute Gasteiger partial charge is 0.445 e. The van der Waals surface area contributed by atoms with Gasteiger partial charge in [0.25, 0.3) is 5.91 Å². The van der Waals surface area contributed by atoms with Gasteiger partial charge in [-0.1, -0.05) is 50.6 Å². The van der Waals surface area contributed by atoms with E-state index in [0.717, 1.165) is 22.8 Å². The summed E-state index contributed by atoms with van der Waals surface area (Å²) in [7, 11) is 0. The lowest BCUT2D eigenvalue weighted by molar-refractivity contribution is -0.137. The molecule has 0 fully saturated rings. The summed E-state index contributed by atoms with van der Waals surface area (Å²) in [5, 5.41) is 2.56. The Morgan fingerprint density at radius 1 is 1.17 bits per heavy atom. The van der Waals surface area contributed by atoms with E-state index < -0.39 is 23.7 Å². The van der Waals surface area contributed by atoms with Crippen molar-refractivity contribution in [1.82, 2.24) is 14.9 Å². The van der Waals surface area contributed by atoms with Crippen LogP contribution in [0.1, 0.15) is 53.5 Å². The van der Waals surface area contributed by atoms with Gasteiger partial charge in [-0.15, -0.1) is 0 Å².